The van der Waals surface area contributed by atoms with Crippen LogP contribution in [0.4, 0.5) is 0 Å². The smallest absolute Gasteiger partial charge is 0.287 e. The van der Waals surface area contributed by atoms with Gasteiger partial charge < -0.3 is 0 Å². The van der Waals surface area contributed by atoms with E-state index < -0.39 is 23.4 Å². The standard InChI is InChI=1S/C7H15O7PS/c1-3-11-15(8,12-4-2)14-7-5-6-13-16(7,9)10/h7H,3-6H2,1-2H3. The van der Waals surface area contributed by atoms with Crippen LogP contribution >= 0.6 is 7.82 Å². The van der Waals surface area contributed by atoms with E-state index in [1.807, 2.05) is 0 Å². The van der Waals surface area contributed by atoms with E-state index in [1.54, 1.807) is 13.8 Å². The summed E-state index contributed by atoms with van der Waals surface area (Å²) < 4.78 is 53.4. The lowest BCUT2D eigenvalue weighted by Crippen LogP contribution is -2.19. The Bertz CT molecular complexity index is 355. The maximum atomic E-state index is 11.9. The molecule has 0 amide bonds. The van der Waals surface area contributed by atoms with E-state index in [-0.39, 0.29) is 26.2 Å². The minimum absolute atomic E-state index is 0.0191. The fourth-order valence-electron chi connectivity index (χ4n) is 1.14. The molecule has 96 valence electrons. The highest BCUT2D eigenvalue weighted by Crippen LogP contribution is 2.52. The molecule has 0 radical (unpaired) electrons. The first-order valence-corrected chi connectivity index (χ1v) is 7.82. The molecule has 1 saturated heterocycles. The number of hydrogen-bond acceptors (Lipinski definition) is 7. The van der Waals surface area contributed by atoms with Gasteiger partial charge in [0, 0.05) is 6.42 Å². The van der Waals surface area contributed by atoms with Gasteiger partial charge in [-0.2, -0.15) is 8.42 Å². The van der Waals surface area contributed by atoms with Gasteiger partial charge in [-0.25, -0.2) is 4.57 Å². The fraction of sp³-hybridized carbons (Fsp3) is 1.00. The zero-order valence-corrected chi connectivity index (χ0v) is 10.8. The lowest BCUT2D eigenvalue weighted by molar-refractivity contribution is 0.110. The lowest BCUT2D eigenvalue weighted by atomic mass is 10.5. The molecule has 1 atom stereocenters. The Hall–Kier alpha value is 0.0200. The zero-order chi connectivity index (χ0) is 12.2. The van der Waals surface area contributed by atoms with Crippen molar-refractivity contribution in [3.8, 4) is 0 Å². The Balaban J connectivity index is 2.72. The van der Waals surface area contributed by atoms with Crippen LogP contribution in [0.5, 0.6) is 0 Å². The van der Waals surface area contributed by atoms with E-state index in [4.69, 9.17) is 13.6 Å². The Morgan fingerprint density at radius 3 is 2.25 bits per heavy atom. The van der Waals surface area contributed by atoms with Crippen molar-refractivity contribution in [1.82, 2.24) is 0 Å². The monoisotopic (exact) mass is 274 g/mol. The van der Waals surface area contributed by atoms with Gasteiger partial charge in [-0.15, -0.1) is 0 Å². The van der Waals surface area contributed by atoms with Gasteiger partial charge in [-0.3, -0.25) is 17.8 Å². The second-order valence-corrected chi connectivity index (χ2v) is 6.29. The van der Waals surface area contributed by atoms with E-state index >= 15 is 0 Å². The SMILES string of the molecule is CCOP(=O)(OCC)OC1CCOS1(=O)=O. The van der Waals surface area contributed by atoms with E-state index in [0.29, 0.717) is 0 Å². The normalized spacial score (nSPS) is 24.8. The van der Waals surface area contributed by atoms with Crippen molar-refractivity contribution < 1.29 is 30.7 Å². The van der Waals surface area contributed by atoms with Crippen LogP contribution in [0.1, 0.15) is 20.3 Å². The molecule has 0 spiro atoms. The zero-order valence-electron chi connectivity index (χ0n) is 9.12. The molecular weight excluding hydrogens is 259 g/mol. The summed E-state index contributed by atoms with van der Waals surface area (Å²) >= 11 is 0. The summed E-state index contributed by atoms with van der Waals surface area (Å²) in [5.41, 5.74) is -1.28. The summed E-state index contributed by atoms with van der Waals surface area (Å²) in [7, 11) is -7.62. The molecule has 1 aliphatic rings. The summed E-state index contributed by atoms with van der Waals surface area (Å²) in [6.07, 6.45) is 0.118. The molecule has 0 aromatic carbocycles. The molecular formula is C7H15O7PS. The quantitative estimate of drug-likeness (QED) is 0.532. The Labute approximate surface area is 94.8 Å². The predicted molar refractivity (Wildman–Crippen MR) is 55.2 cm³/mol. The van der Waals surface area contributed by atoms with Crippen molar-refractivity contribution in [1.29, 1.82) is 0 Å². The van der Waals surface area contributed by atoms with Gasteiger partial charge in [0.25, 0.3) is 10.1 Å². The highest BCUT2D eigenvalue weighted by Gasteiger charge is 2.41. The number of phosphoric ester groups is 1. The molecule has 1 unspecified atom stereocenters. The fourth-order valence-corrected chi connectivity index (χ4v) is 3.97. The molecule has 1 heterocycles. The van der Waals surface area contributed by atoms with Crippen molar-refractivity contribution >= 4 is 17.9 Å². The van der Waals surface area contributed by atoms with Gasteiger partial charge in [-0.1, -0.05) is 0 Å². The van der Waals surface area contributed by atoms with Crippen LogP contribution in [0.3, 0.4) is 0 Å². The summed E-state index contributed by atoms with van der Waals surface area (Å²) in [4.78, 5) is 0. The first kappa shape index (κ1) is 14.1. The molecule has 9 heteroatoms. The second kappa shape index (κ2) is 5.57. The third kappa shape index (κ3) is 3.51. The van der Waals surface area contributed by atoms with Gasteiger partial charge in [-0.05, 0) is 13.8 Å². The maximum Gasteiger partial charge on any atom is 0.476 e. The van der Waals surface area contributed by atoms with Crippen molar-refractivity contribution in [2.75, 3.05) is 19.8 Å². The Morgan fingerprint density at radius 2 is 1.88 bits per heavy atom. The average Bonchev–Trinajstić information content (AvgIpc) is 2.46. The highest BCUT2D eigenvalue weighted by molar-refractivity contribution is 7.87. The average molecular weight is 274 g/mol. The van der Waals surface area contributed by atoms with Crippen LogP contribution in [0, 0.1) is 0 Å². The Morgan fingerprint density at radius 1 is 1.31 bits per heavy atom. The molecule has 0 bridgehead atoms. The maximum absolute atomic E-state index is 11.9. The van der Waals surface area contributed by atoms with Crippen LogP contribution in [0.25, 0.3) is 0 Å². The lowest BCUT2D eigenvalue weighted by Gasteiger charge is -2.18. The van der Waals surface area contributed by atoms with Gasteiger partial charge in [0.2, 0.25) is 0 Å². The van der Waals surface area contributed by atoms with E-state index in [9.17, 15) is 13.0 Å². The van der Waals surface area contributed by atoms with Gasteiger partial charge >= 0.3 is 7.82 Å². The molecule has 1 fully saturated rings. The van der Waals surface area contributed by atoms with Gasteiger partial charge in [0.15, 0.2) is 5.44 Å². The van der Waals surface area contributed by atoms with Crippen molar-refractivity contribution in [3.05, 3.63) is 0 Å². The number of phosphoric acid groups is 1. The largest absolute Gasteiger partial charge is 0.476 e. The van der Waals surface area contributed by atoms with Crippen LogP contribution in [0.2, 0.25) is 0 Å². The molecule has 1 rings (SSSR count). The Kier molecular flexibility index (Phi) is 4.90. The van der Waals surface area contributed by atoms with Crippen molar-refractivity contribution in [3.63, 3.8) is 0 Å². The van der Waals surface area contributed by atoms with Crippen molar-refractivity contribution in [2.45, 2.75) is 25.7 Å². The highest BCUT2D eigenvalue weighted by atomic mass is 32.2. The predicted octanol–water partition coefficient (Wildman–Crippen LogP) is 1.26. The molecule has 16 heavy (non-hydrogen) atoms. The molecule has 0 aromatic heterocycles. The summed E-state index contributed by atoms with van der Waals surface area (Å²) in [6, 6.07) is 0. The molecule has 0 aromatic rings. The molecule has 0 N–H and O–H groups in total. The summed E-state index contributed by atoms with van der Waals surface area (Å²) in [5, 5.41) is 0. The van der Waals surface area contributed by atoms with Crippen LogP contribution in [-0.4, -0.2) is 33.7 Å². The van der Waals surface area contributed by atoms with Gasteiger partial charge in [0.1, 0.15) is 0 Å². The molecule has 7 nitrogen and oxygen atoms in total. The van der Waals surface area contributed by atoms with E-state index in [0.717, 1.165) is 0 Å². The summed E-state index contributed by atoms with van der Waals surface area (Å²) in [6.45, 7) is 3.43. The van der Waals surface area contributed by atoms with Crippen LogP contribution in [0.15, 0.2) is 0 Å². The van der Waals surface area contributed by atoms with E-state index in [2.05, 4.69) is 4.18 Å². The third-order valence-electron chi connectivity index (χ3n) is 1.74. The molecule has 1 aliphatic heterocycles. The summed E-state index contributed by atoms with van der Waals surface area (Å²) in [5.74, 6) is 0. The second-order valence-electron chi connectivity index (χ2n) is 2.92. The minimum Gasteiger partial charge on any atom is -0.287 e. The van der Waals surface area contributed by atoms with Gasteiger partial charge in [0.05, 0.1) is 19.8 Å². The third-order valence-corrected chi connectivity index (χ3v) is 5.02. The topological polar surface area (TPSA) is 88.1 Å². The first-order chi connectivity index (χ1) is 7.43. The van der Waals surface area contributed by atoms with Crippen LogP contribution in [-0.2, 0) is 32.4 Å². The first-order valence-electron chi connectivity index (χ1n) is 4.89. The number of hydrogen-bond donors (Lipinski definition) is 0. The molecule has 0 aliphatic carbocycles. The van der Waals surface area contributed by atoms with E-state index in [1.165, 1.54) is 0 Å². The van der Waals surface area contributed by atoms with Crippen LogP contribution < -0.4 is 0 Å². The molecule has 0 saturated carbocycles. The van der Waals surface area contributed by atoms with Crippen molar-refractivity contribution in [2.24, 2.45) is 0 Å². The number of rotatable bonds is 6. The minimum atomic E-state index is -3.81.